The van der Waals surface area contributed by atoms with Crippen molar-refractivity contribution in [2.24, 2.45) is 0 Å². The van der Waals surface area contributed by atoms with Crippen LogP contribution in [0, 0.1) is 0 Å². The SMILES string of the molecule is COc1cccc(Nc2nc(Cl)nc3sc4c(c23)CCC4)c1. The fraction of sp³-hybridized carbons (Fsp3) is 0.250. The van der Waals surface area contributed by atoms with Gasteiger partial charge in [-0.05, 0) is 48.6 Å². The molecule has 112 valence electrons. The summed E-state index contributed by atoms with van der Waals surface area (Å²) in [4.78, 5) is 11.2. The number of hydrogen-bond donors (Lipinski definition) is 1. The predicted molar refractivity (Wildman–Crippen MR) is 90.7 cm³/mol. The van der Waals surface area contributed by atoms with E-state index in [9.17, 15) is 0 Å². The molecule has 1 aromatic carbocycles. The highest BCUT2D eigenvalue weighted by Crippen LogP contribution is 2.40. The Morgan fingerprint density at radius 1 is 1.27 bits per heavy atom. The van der Waals surface area contributed by atoms with Gasteiger partial charge in [0.15, 0.2) is 0 Å². The lowest BCUT2D eigenvalue weighted by Crippen LogP contribution is -1.97. The topological polar surface area (TPSA) is 47.0 Å². The van der Waals surface area contributed by atoms with Crippen LogP contribution in [0.1, 0.15) is 16.9 Å². The van der Waals surface area contributed by atoms with Crippen LogP contribution >= 0.6 is 22.9 Å². The molecule has 2 heterocycles. The van der Waals surface area contributed by atoms with Crippen LogP contribution in [0.4, 0.5) is 11.5 Å². The van der Waals surface area contributed by atoms with Crippen molar-refractivity contribution in [3.8, 4) is 5.75 Å². The highest BCUT2D eigenvalue weighted by Gasteiger charge is 2.22. The number of rotatable bonds is 3. The summed E-state index contributed by atoms with van der Waals surface area (Å²) in [6, 6.07) is 7.78. The smallest absolute Gasteiger partial charge is 0.225 e. The van der Waals surface area contributed by atoms with Gasteiger partial charge in [0.2, 0.25) is 5.28 Å². The van der Waals surface area contributed by atoms with Crippen molar-refractivity contribution in [3.63, 3.8) is 0 Å². The number of nitrogens with zero attached hydrogens (tertiary/aromatic N) is 2. The van der Waals surface area contributed by atoms with Crippen LogP contribution in [0.3, 0.4) is 0 Å². The zero-order valence-electron chi connectivity index (χ0n) is 12.0. The molecule has 0 aliphatic heterocycles. The number of anilines is 2. The van der Waals surface area contributed by atoms with Crippen molar-refractivity contribution < 1.29 is 4.74 Å². The molecule has 4 rings (SSSR count). The highest BCUT2D eigenvalue weighted by molar-refractivity contribution is 7.19. The van der Waals surface area contributed by atoms with Gasteiger partial charge in [-0.1, -0.05) is 6.07 Å². The maximum atomic E-state index is 6.09. The second-order valence-electron chi connectivity index (χ2n) is 5.24. The number of aryl methyl sites for hydroxylation is 2. The van der Waals surface area contributed by atoms with Gasteiger partial charge < -0.3 is 10.1 Å². The Morgan fingerprint density at radius 2 is 2.18 bits per heavy atom. The number of nitrogens with one attached hydrogen (secondary N) is 1. The molecule has 1 N–H and O–H groups in total. The van der Waals surface area contributed by atoms with Crippen LogP contribution in [0.2, 0.25) is 5.28 Å². The second-order valence-corrected chi connectivity index (χ2v) is 6.66. The number of ether oxygens (including phenoxy) is 1. The van der Waals surface area contributed by atoms with Gasteiger partial charge in [0, 0.05) is 16.6 Å². The quantitative estimate of drug-likeness (QED) is 0.713. The maximum Gasteiger partial charge on any atom is 0.225 e. The van der Waals surface area contributed by atoms with Crippen molar-refractivity contribution in [2.75, 3.05) is 12.4 Å². The third-order valence-electron chi connectivity index (χ3n) is 3.87. The van der Waals surface area contributed by atoms with Crippen molar-refractivity contribution >= 4 is 44.7 Å². The third kappa shape index (κ3) is 2.30. The standard InChI is InChI=1S/C16H14ClN3OS/c1-21-10-5-2-4-9(8-10)18-14-13-11-6-3-7-12(11)22-15(13)20-16(17)19-14/h2,4-5,8H,3,6-7H2,1H3,(H,18,19,20). The molecular weight excluding hydrogens is 318 g/mol. The zero-order chi connectivity index (χ0) is 15.1. The fourth-order valence-corrected chi connectivity index (χ4v) is 4.38. The summed E-state index contributed by atoms with van der Waals surface area (Å²) in [5, 5.41) is 4.76. The molecule has 0 saturated carbocycles. The van der Waals surface area contributed by atoms with Crippen molar-refractivity contribution in [2.45, 2.75) is 19.3 Å². The van der Waals surface area contributed by atoms with Crippen LogP contribution < -0.4 is 10.1 Å². The second kappa shape index (κ2) is 5.41. The summed E-state index contributed by atoms with van der Waals surface area (Å²) in [6.45, 7) is 0. The maximum absolute atomic E-state index is 6.09. The Balaban J connectivity index is 1.83. The zero-order valence-corrected chi connectivity index (χ0v) is 13.6. The molecule has 3 aromatic rings. The summed E-state index contributed by atoms with van der Waals surface area (Å²) < 4.78 is 5.27. The number of thiophene rings is 1. The number of hydrogen-bond acceptors (Lipinski definition) is 5. The normalized spacial score (nSPS) is 13.4. The van der Waals surface area contributed by atoms with Gasteiger partial charge in [0.25, 0.3) is 0 Å². The first-order valence-corrected chi connectivity index (χ1v) is 8.33. The van der Waals surface area contributed by atoms with E-state index < -0.39 is 0 Å². The molecule has 0 amide bonds. The third-order valence-corrected chi connectivity index (χ3v) is 5.22. The lowest BCUT2D eigenvalue weighted by Gasteiger charge is -2.09. The monoisotopic (exact) mass is 331 g/mol. The summed E-state index contributed by atoms with van der Waals surface area (Å²) >= 11 is 7.82. The Kier molecular flexibility index (Phi) is 3.39. The first kappa shape index (κ1) is 13.8. The Morgan fingerprint density at radius 3 is 3.05 bits per heavy atom. The number of methoxy groups -OCH3 is 1. The first-order valence-electron chi connectivity index (χ1n) is 7.13. The summed E-state index contributed by atoms with van der Waals surface area (Å²) in [6.07, 6.45) is 3.43. The van der Waals surface area contributed by atoms with E-state index in [4.69, 9.17) is 16.3 Å². The van der Waals surface area contributed by atoms with Crippen LogP contribution in [-0.2, 0) is 12.8 Å². The Bertz CT molecular complexity index is 862. The van der Waals surface area contributed by atoms with Crippen LogP contribution in [0.15, 0.2) is 24.3 Å². The van der Waals surface area contributed by atoms with Crippen molar-refractivity contribution in [1.29, 1.82) is 0 Å². The minimum Gasteiger partial charge on any atom is -0.497 e. The number of halogens is 1. The van der Waals surface area contributed by atoms with E-state index in [0.29, 0.717) is 0 Å². The van der Waals surface area contributed by atoms with E-state index in [1.807, 2.05) is 24.3 Å². The largest absolute Gasteiger partial charge is 0.497 e. The highest BCUT2D eigenvalue weighted by atomic mass is 35.5. The van der Waals surface area contributed by atoms with E-state index in [0.717, 1.165) is 40.3 Å². The Hall–Kier alpha value is -1.85. The molecule has 0 fully saturated rings. The molecule has 6 heteroatoms. The van der Waals surface area contributed by atoms with E-state index in [2.05, 4.69) is 15.3 Å². The molecule has 4 nitrogen and oxygen atoms in total. The number of aromatic nitrogens is 2. The fourth-order valence-electron chi connectivity index (χ4n) is 2.90. The summed E-state index contributed by atoms with van der Waals surface area (Å²) in [5.41, 5.74) is 2.30. The Labute approximate surface area is 137 Å². The van der Waals surface area contributed by atoms with Gasteiger partial charge >= 0.3 is 0 Å². The predicted octanol–water partition coefficient (Wildman–Crippen LogP) is 4.59. The van der Waals surface area contributed by atoms with Gasteiger partial charge in [-0.15, -0.1) is 11.3 Å². The summed E-state index contributed by atoms with van der Waals surface area (Å²) in [7, 11) is 1.66. The average molecular weight is 332 g/mol. The molecule has 0 unspecified atom stereocenters. The van der Waals surface area contributed by atoms with E-state index in [1.54, 1.807) is 18.4 Å². The molecule has 0 bridgehead atoms. The van der Waals surface area contributed by atoms with Gasteiger partial charge in [0.05, 0.1) is 12.5 Å². The van der Waals surface area contributed by atoms with Gasteiger partial charge in [-0.3, -0.25) is 0 Å². The minimum atomic E-state index is 0.276. The molecule has 22 heavy (non-hydrogen) atoms. The molecule has 0 saturated heterocycles. The van der Waals surface area contributed by atoms with Gasteiger partial charge in [-0.2, -0.15) is 4.98 Å². The summed E-state index contributed by atoms with van der Waals surface area (Å²) in [5.74, 6) is 1.58. The lowest BCUT2D eigenvalue weighted by atomic mass is 10.2. The van der Waals surface area contributed by atoms with Crippen LogP contribution in [0.5, 0.6) is 5.75 Å². The van der Waals surface area contributed by atoms with Gasteiger partial charge in [0.1, 0.15) is 16.4 Å². The molecule has 1 aliphatic rings. The van der Waals surface area contributed by atoms with Crippen molar-refractivity contribution in [1.82, 2.24) is 9.97 Å². The number of benzene rings is 1. The molecular formula is C16H14ClN3OS. The van der Waals surface area contributed by atoms with Crippen LogP contribution in [-0.4, -0.2) is 17.1 Å². The van der Waals surface area contributed by atoms with E-state index >= 15 is 0 Å². The first-order chi connectivity index (χ1) is 10.7. The molecule has 0 atom stereocenters. The van der Waals surface area contributed by atoms with Crippen LogP contribution in [0.25, 0.3) is 10.2 Å². The van der Waals surface area contributed by atoms with Crippen molar-refractivity contribution in [3.05, 3.63) is 40.0 Å². The molecule has 0 spiro atoms. The van der Waals surface area contributed by atoms with E-state index in [-0.39, 0.29) is 5.28 Å². The van der Waals surface area contributed by atoms with Gasteiger partial charge in [-0.25, -0.2) is 4.98 Å². The average Bonchev–Trinajstić information content (AvgIpc) is 3.07. The minimum absolute atomic E-state index is 0.276. The molecule has 0 radical (unpaired) electrons. The van der Waals surface area contributed by atoms with E-state index in [1.165, 1.54) is 16.9 Å². The number of fused-ring (bicyclic) bond motifs is 3. The molecule has 2 aromatic heterocycles. The molecule has 1 aliphatic carbocycles. The lowest BCUT2D eigenvalue weighted by molar-refractivity contribution is 0.415.